The van der Waals surface area contributed by atoms with Crippen molar-refractivity contribution in [2.24, 2.45) is 0 Å². The van der Waals surface area contributed by atoms with Gasteiger partial charge in [-0.25, -0.2) is 0 Å². The van der Waals surface area contributed by atoms with Gasteiger partial charge in [-0.1, -0.05) is 11.8 Å². The largest absolute Gasteiger partial charge is 0.495 e. The van der Waals surface area contributed by atoms with Crippen molar-refractivity contribution in [3.8, 4) is 17.6 Å². The normalized spacial score (nSPS) is 9.42. The minimum absolute atomic E-state index is 0.135. The molecule has 0 spiro atoms. The SMILES string of the molecule is COc1ccc(C(=O)NCCSC)cc1C#CCO. The van der Waals surface area contributed by atoms with Gasteiger partial charge < -0.3 is 15.2 Å². The van der Waals surface area contributed by atoms with Crippen molar-refractivity contribution >= 4 is 17.7 Å². The van der Waals surface area contributed by atoms with E-state index >= 15 is 0 Å². The average Bonchev–Trinajstić information content (AvgIpc) is 2.44. The van der Waals surface area contributed by atoms with Gasteiger partial charge in [0.25, 0.3) is 5.91 Å². The second kappa shape index (κ2) is 8.46. The van der Waals surface area contributed by atoms with E-state index < -0.39 is 0 Å². The maximum absolute atomic E-state index is 11.9. The predicted octanol–water partition coefficient (Wildman–Crippen LogP) is 1.13. The minimum Gasteiger partial charge on any atom is -0.495 e. The zero-order valence-electron chi connectivity index (χ0n) is 11.0. The molecule has 19 heavy (non-hydrogen) atoms. The van der Waals surface area contributed by atoms with Crippen LogP contribution < -0.4 is 10.1 Å². The number of carbonyl (C=O) groups excluding carboxylic acids is 1. The number of aliphatic hydroxyl groups is 1. The van der Waals surface area contributed by atoms with Gasteiger partial charge in [-0.05, 0) is 24.5 Å². The van der Waals surface area contributed by atoms with Crippen LogP contribution in [0.15, 0.2) is 18.2 Å². The molecule has 0 unspecified atom stereocenters. The molecule has 0 aliphatic rings. The Morgan fingerprint density at radius 3 is 2.95 bits per heavy atom. The highest BCUT2D eigenvalue weighted by Gasteiger charge is 2.08. The second-order valence-electron chi connectivity index (χ2n) is 3.62. The number of hydrogen-bond acceptors (Lipinski definition) is 4. The van der Waals surface area contributed by atoms with Crippen LogP contribution in [0.1, 0.15) is 15.9 Å². The van der Waals surface area contributed by atoms with Gasteiger partial charge in [0.05, 0.1) is 12.7 Å². The summed E-state index contributed by atoms with van der Waals surface area (Å²) >= 11 is 1.67. The summed E-state index contributed by atoms with van der Waals surface area (Å²) in [5.74, 6) is 6.64. The van der Waals surface area contributed by atoms with Crippen molar-refractivity contribution in [2.45, 2.75) is 0 Å². The molecule has 0 heterocycles. The summed E-state index contributed by atoms with van der Waals surface area (Å²) in [4.78, 5) is 11.9. The highest BCUT2D eigenvalue weighted by atomic mass is 32.2. The lowest BCUT2D eigenvalue weighted by Crippen LogP contribution is -2.25. The predicted molar refractivity (Wildman–Crippen MR) is 77.7 cm³/mol. The average molecular weight is 279 g/mol. The fourth-order valence-corrected chi connectivity index (χ4v) is 1.76. The molecule has 0 saturated heterocycles. The molecular formula is C14H17NO3S. The van der Waals surface area contributed by atoms with E-state index in [-0.39, 0.29) is 12.5 Å². The highest BCUT2D eigenvalue weighted by Crippen LogP contribution is 2.18. The van der Waals surface area contributed by atoms with Gasteiger partial charge in [-0.3, -0.25) is 4.79 Å². The van der Waals surface area contributed by atoms with Crippen molar-refractivity contribution < 1.29 is 14.6 Å². The number of rotatable bonds is 5. The lowest BCUT2D eigenvalue weighted by molar-refractivity contribution is 0.0956. The zero-order chi connectivity index (χ0) is 14.1. The molecule has 102 valence electrons. The number of carbonyl (C=O) groups is 1. The van der Waals surface area contributed by atoms with Crippen LogP contribution in [-0.2, 0) is 0 Å². The Morgan fingerprint density at radius 1 is 1.53 bits per heavy atom. The number of methoxy groups -OCH3 is 1. The summed E-state index contributed by atoms with van der Waals surface area (Å²) in [6.45, 7) is 0.400. The first-order chi connectivity index (χ1) is 9.22. The molecule has 0 fully saturated rings. The minimum atomic E-state index is -0.229. The summed E-state index contributed by atoms with van der Waals surface area (Å²) in [7, 11) is 1.54. The van der Waals surface area contributed by atoms with Crippen LogP contribution in [0.2, 0.25) is 0 Å². The zero-order valence-corrected chi connectivity index (χ0v) is 11.8. The number of hydrogen-bond donors (Lipinski definition) is 2. The van der Waals surface area contributed by atoms with Crippen LogP contribution in [0.3, 0.4) is 0 Å². The number of nitrogens with one attached hydrogen (secondary N) is 1. The van der Waals surface area contributed by atoms with E-state index in [0.29, 0.717) is 23.4 Å². The Morgan fingerprint density at radius 2 is 2.32 bits per heavy atom. The van der Waals surface area contributed by atoms with Gasteiger partial charge in [0.2, 0.25) is 0 Å². The van der Waals surface area contributed by atoms with Gasteiger partial charge in [0.1, 0.15) is 12.4 Å². The molecule has 0 saturated carbocycles. The van der Waals surface area contributed by atoms with E-state index in [1.165, 1.54) is 7.11 Å². The quantitative estimate of drug-likeness (QED) is 0.627. The standard InChI is InChI=1S/C14H17NO3S/c1-18-13-6-5-12(10-11(13)4-3-8-16)14(17)15-7-9-19-2/h5-6,10,16H,7-9H2,1-2H3,(H,15,17). The van der Waals surface area contributed by atoms with Crippen LogP contribution in [0.4, 0.5) is 0 Å². The smallest absolute Gasteiger partial charge is 0.251 e. The molecule has 0 radical (unpaired) electrons. The van der Waals surface area contributed by atoms with E-state index in [4.69, 9.17) is 9.84 Å². The van der Waals surface area contributed by atoms with Gasteiger partial charge in [0.15, 0.2) is 0 Å². The first-order valence-electron chi connectivity index (χ1n) is 5.77. The van der Waals surface area contributed by atoms with Gasteiger partial charge in [-0.2, -0.15) is 11.8 Å². The molecular weight excluding hydrogens is 262 g/mol. The number of benzene rings is 1. The highest BCUT2D eigenvalue weighted by molar-refractivity contribution is 7.98. The number of aliphatic hydroxyl groups excluding tert-OH is 1. The Kier molecular flexibility index (Phi) is 6.86. The molecule has 1 amide bonds. The second-order valence-corrected chi connectivity index (χ2v) is 4.61. The van der Waals surface area contributed by atoms with Gasteiger partial charge in [-0.15, -0.1) is 0 Å². The summed E-state index contributed by atoms with van der Waals surface area (Å²) in [5.41, 5.74) is 1.12. The molecule has 0 bridgehead atoms. The van der Waals surface area contributed by atoms with Crippen molar-refractivity contribution in [1.82, 2.24) is 5.32 Å². The molecule has 1 aromatic rings. The van der Waals surface area contributed by atoms with Gasteiger partial charge >= 0.3 is 0 Å². The Balaban J connectivity index is 2.88. The van der Waals surface area contributed by atoms with E-state index in [2.05, 4.69) is 17.2 Å². The third kappa shape index (κ3) is 4.86. The molecule has 0 aliphatic heterocycles. The van der Waals surface area contributed by atoms with Crippen LogP contribution in [0, 0.1) is 11.8 Å². The van der Waals surface area contributed by atoms with Crippen LogP contribution in [0.5, 0.6) is 5.75 Å². The summed E-state index contributed by atoms with van der Waals surface area (Å²) < 4.78 is 5.16. The van der Waals surface area contributed by atoms with Crippen molar-refractivity contribution in [1.29, 1.82) is 0 Å². The van der Waals surface area contributed by atoms with E-state index in [1.807, 2.05) is 6.26 Å². The first kappa shape index (κ1) is 15.4. The third-order valence-electron chi connectivity index (χ3n) is 2.36. The van der Waals surface area contributed by atoms with E-state index in [9.17, 15) is 4.79 Å². The molecule has 5 heteroatoms. The van der Waals surface area contributed by atoms with Crippen LogP contribution in [0.25, 0.3) is 0 Å². The lowest BCUT2D eigenvalue weighted by Gasteiger charge is -2.07. The Labute approximate surface area is 117 Å². The number of thioether (sulfide) groups is 1. The van der Waals surface area contributed by atoms with Crippen LogP contribution >= 0.6 is 11.8 Å². The molecule has 2 N–H and O–H groups in total. The molecule has 1 rings (SSSR count). The van der Waals surface area contributed by atoms with E-state index in [1.54, 1.807) is 30.0 Å². The van der Waals surface area contributed by atoms with Crippen molar-refractivity contribution in [3.63, 3.8) is 0 Å². The number of ether oxygens (including phenoxy) is 1. The fourth-order valence-electron chi connectivity index (χ4n) is 1.45. The Bertz CT molecular complexity index is 491. The number of amides is 1. The molecule has 1 aromatic carbocycles. The van der Waals surface area contributed by atoms with Crippen LogP contribution in [-0.4, -0.2) is 43.3 Å². The molecule has 0 aliphatic carbocycles. The van der Waals surface area contributed by atoms with Crippen molar-refractivity contribution in [3.05, 3.63) is 29.3 Å². The fraction of sp³-hybridized carbons (Fsp3) is 0.357. The maximum Gasteiger partial charge on any atom is 0.251 e. The Hall–Kier alpha value is -1.64. The van der Waals surface area contributed by atoms with Gasteiger partial charge in [0, 0.05) is 17.9 Å². The maximum atomic E-state index is 11.9. The van der Waals surface area contributed by atoms with E-state index in [0.717, 1.165) is 5.75 Å². The topological polar surface area (TPSA) is 58.6 Å². The third-order valence-corrected chi connectivity index (χ3v) is 2.97. The molecule has 4 nitrogen and oxygen atoms in total. The van der Waals surface area contributed by atoms with Crippen molar-refractivity contribution in [2.75, 3.05) is 32.3 Å². The molecule has 0 atom stereocenters. The summed E-state index contributed by atoms with van der Waals surface area (Å²) in [5, 5.41) is 11.5. The monoisotopic (exact) mass is 279 g/mol. The molecule has 0 aromatic heterocycles. The lowest BCUT2D eigenvalue weighted by atomic mass is 10.1. The summed E-state index contributed by atoms with van der Waals surface area (Å²) in [6, 6.07) is 5.05. The summed E-state index contributed by atoms with van der Waals surface area (Å²) in [6.07, 6.45) is 1.99. The first-order valence-corrected chi connectivity index (χ1v) is 7.17.